The zero-order chi connectivity index (χ0) is 27.0. The molecule has 2 unspecified atom stereocenters. The summed E-state index contributed by atoms with van der Waals surface area (Å²) in [6.45, 7) is 8.55. The van der Waals surface area contributed by atoms with E-state index in [1.165, 1.54) is 0 Å². The lowest BCUT2D eigenvalue weighted by atomic mass is 9.70. The Morgan fingerprint density at radius 3 is 2.58 bits per heavy atom. The van der Waals surface area contributed by atoms with E-state index in [1.54, 1.807) is 45.7 Å². The molecule has 2 aromatic carbocycles. The van der Waals surface area contributed by atoms with Crippen molar-refractivity contribution in [1.82, 2.24) is 9.80 Å². The van der Waals surface area contributed by atoms with Gasteiger partial charge in [0.1, 0.15) is 6.04 Å². The van der Waals surface area contributed by atoms with Gasteiger partial charge in [-0.3, -0.25) is 14.4 Å². The van der Waals surface area contributed by atoms with Gasteiger partial charge in [-0.05, 0) is 42.2 Å². The number of hydrogen-bond donors (Lipinski definition) is 1. The van der Waals surface area contributed by atoms with Crippen LogP contribution in [0.2, 0.25) is 0 Å². The largest absolute Gasteiger partial charge is 0.396 e. The van der Waals surface area contributed by atoms with Crippen LogP contribution in [0, 0.1) is 11.8 Å². The van der Waals surface area contributed by atoms with Crippen LogP contribution in [-0.2, 0) is 14.4 Å². The molecule has 2 bridgehead atoms. The molecule has 3 amide bonds. The maximum atomic E-state index is 14.5. The van der Waals surface area contributed by atoms with Gasteiger partial charge in [-0.2, -0.15) is 0 Å². The number of hydrogen-bond acceptors (Lipinski definition) is 5. The number of rotatable bonds is 10. The predicted molar refractivity (Wildman–Crippen MR) is 152 cm³/mol. The highest BCUT2D eigenvalue weighted by atomic mass is 32.2. The van der Waals surface area contributed by atoms with Crippen molar-refractivity contribution in [2.24, 2.45) is 11.8 Å². The van der Waals surface area contributed by atoms with Crippen molar-refractivity contribution in [3.8, 4) is 0 Å². The molecule has 200 valence electrons. The third-order valence-corrected chi connectivity index (χ3v) is 10.2. The molecule has 2 aromatic rings. The van der Waals surface area contributed by atoms with E-state index >= 15 is 0 Å². The van der Waals surface area contributed by atoms with Gasteiger partial charge >= 0.3 is 0 Å². The third-order valence-electron chi connectivity index (χ3n) is 8.28. The quantitative estimate of drug-likeness (QED) is 0.473. The van der Waals surface area contributed by atoms with Crippen molar-refractivity contribution >= 4 is 45.9 Å². The summed E-state index contributed by atoms with van der Waals surface area (Å²) in [7, 11) is 1.74. The van der Waals surface area contributed by atoms with E-state index in [0.29, 0.717) is 25.9 Å². The Bertz CT molecular complexity index is 1280. The number of likely N-dealkylation sites (N-methyl/N-ethyl adjacent to an activating group) is 1. The highest BCUT2D eigenvalue weighted by molar-refractivity contribution is 8.02. The maximum Gasteiger partial charge on any atom is 0.251 e. The average molecular weight is 534 g/mol. The molecule has 0 aromatic heterocycles. The number of thioether (sulfide) groups is 1. The molecule has 0 saturated carbocycles. The van der Waals surface area contributed by atoms with E-state index in [9.17, 15) is 19.5 Å². The second-order valence-electron chi connectivity index (χ2n) is 10.4. The van der Waals surface area contributed by atoms with Gasteiger partial charge in [-0.1, -0.05) is 42.5 Å². The molecule has 38 heavy (non-hydrogen) atoms. The molecular formula is C30H35N3O4S. The molecule has 1 spiro atoms. The second-order valence-corrected chi connectivity index (χ2v) is 12.0. The van der Waals surface area contributed by atoms with Gasteiger partial charge < -0.3 is 19.8 Å². The number of carbonyl (C=O) groups excluding carboxylic acids is 3. The van der Waals surface area contributed by atoms with Crippen LogP contribution in [-0.4, -0.2) is 82.0 Å². The molecule has 0 radical (unpaired) electrons. The Balaban J connectivity index is 1.55. The summed E-state index contributed by atoms with van der Waals surface area (Å²) in [6, 6.07) is 13.2. The molecule has 3 saturated heterocycles. The molecular weight excluding hydrogens is 498 g/mol. The third kappa shape index (κ3) is 4.14. The van der Waals surface area contributed by atoms with Gasteiger partial charge in [-0.25, -0.2) is 0 Å². The lowest BCUT2D eigenvalue weighted by Crippen LogP contribution is -2.55. The zero-order valence-corrected chi connectivity index (χ0v) is 22.6. The minimum atomic E-state index is -0.713. The summed E-state index contributed by atoms with van der Waals surface area (Å²) in [5.41, 5.74) is 0.749. The van der Waals surface area contributed by atoms with Crippen molar-refractivity contribution in [3.05, 3.63) is 67.8 Å². The molecule has 5 rings (SSSR count). The van der Waals surface area contributed by atoms with Gasteiger partial charge in [0.15, 0.2) is 0 Å². The van der Waals surface area contributed by atoms with Crippen LogP contribution in [0.3, 0.4) is 0 Å². The summed E-state index contributed by atoms with van der Waals surface area (Å²) in [6.07, 6.45) is 5.26. The topological polar surface area (TPSA) is 81.2 Å². The lowest BCUT2D eigenvalue weighted by Gasteiger charge is -2.37. The van der Waals surface area contributed by atoms with Crippen molar-refractivity contribution in [1.29, 1.82) is 0 Å². The summed E-state index contributed by atoms with van der Waals surface area (Å²) in [5, 5.41) is 11.7. The monoisotopic (exact) mass is 533 g/mol. The molecule has 8 heteroatoms. The fraction of sp³-hybridized carbons (Fsp3) is 0.433. The van der Waals surface area contributed by atoms with Gasteiger partial charge in [0.2, 0.25) is 11.8 Å². The number of aliphatic hydroxyl groups is 1. The van der Waals surface area contributed by atoms with Crippen molar-refractivity contribution in [2.45, 2.75) is 35.3 Å². The normalized spacial score (nSPS) is 27.4. The Morgan fingerprint density at radius 1 is 1.13 bits per heavy atom. The first kappa shape index (κ1) is 26.5. The first-order valence-electron chi connectivity index (χ1n) is 13.2. The zero-order valence-electron chi connectivity index (χ0n) is 21.8. The van der Waals surface area contributed by atoms with Crippen LogP contribution < -0.4 is 4.90 Å². The number of aliphatic hydroxyl groups excluding tert-OH is 1. The molecule has 3 aliphatic heterocycles. The number of anilines is 1. The lowest BCUT2D eigenvalue weighted by molar-refractivity contribution is -0.143. The molecule has 0 aliphatic carbocycles. The van der Waals surface area contributed by atoms with Crippen LogP contribution in [0.5, 0.6) is 0 Å². The molecule has 1 N–H and O–H groups in total. The van der Waals surface area contributed by atoms with Crippen molar-refractivity contribution < 1.29 is 19.5 Å². The van der Waals surface area contributed by atoms with Crippen molar-refractivity contribution in [3.63, 3.8) is 0 Å². The van der Waals surface area contributed by atoms with Gasteiger partial charge in [0.25, 0.3) is 5.91 Å². The Labute approximate surface area is 228 Å². The van der Waals surface area contributed by atoms with E-state index in [2.05, 4.69) is 13.2 Å². The van der Waals surface area contributed by atoms with E-state index in [4.69, 9.17) is 0 Å². The predicted octanol–water partition coefficient (Wildman–Crippen LogP) is 3.48. The first-order chi connectivity index (χ1) is 18.4. The minimum absolute atomic E-state index is 0.00697. The van der Waals surface area contributed by atoms with Crippen LogP contribution in [0.1, 0.15) is 19.3 Å². The standard InChI is InChI=1S/C30H35N3O4S/c1-4-15-31(3)27(35)24-23-13-14-30(38-23)25(24)28(36)33(17-8-18-34)26(30)29(37)32(16-5-2)22-12-11-20-9-6-7-10-21(20)19-22/h4-7,9-12,19,23-26,34H,1-2,8,13-18H2,3H3/t23-,24+,25+,26?,30?/m1/s1. The highest BCUT2D eigenvalue weighted by Crippen LogP contribution is 2.66. The minimum Gasteiger partial charge on any atom is -0.396 e. The second kappa shape index (κ2) is 10.6. The van der Waals surface area contributed by atoms with E-state index in [-0.39, 0.29) is 36.1 Å². The van der Waals surface area contributed by atoms with Gasteiger partial charge in [-0.15, -0.1) is 24.9 Å². The summed E-state index contributed by atoms with van der Waals surface area (Å²) in [4.78, 5) is 47.1. The summed E-state index contributed by atoms with van der Waals surface area (Å²) >= 11 is 1.66. The molecule has 3 aliphatic rings. The van der Waals surface area contributed by atoms with Crippen LogP contribution in [0.25, 0.3) is 10.8 Å². The number of nitrogens with zero attached hydrogens (tertiary/aromatic N) is 3. The Morgan fingerprint density at radius 2 is 1.87 bits per heavy atom. The van der Waals surface area contributed by atoms with E-state index in [1.807, 2.05) is 42.5 Å². The van der Waals surface area contributed by atoms with Gasteiger partial charge in [0, 0.05) is 44.2 Å². The number of carbonyl (C=O) groups is 3. The average Bonchev–Trinajstić information content (AvgIpc) is 3.57. The fourth-order valence-electron chi connectivity index (χ4n) is 6.68. The van der Waals surface area contributed by atoms with Crippen LogP contribution in [0.4, 0.5) is 5.69 Å². The number of fused-ring (bicyclic) bond motifs is 2. The first-order valence-corrected chi connectivity index (χ1v) is 14.1. The highest BCUT2D eigenvalue weighted by Gasteiger charge is 2.73. The molecule has 3 heterocycles. The molecule has 5 atom stereocenters. The smallest absolute Gasteiger partial charge is 0.251 e. The van der Waals surface area contributed by atoms with Crippen LogP contribution >= 0.6 is 11.8 Å². The fourth-order valence-corrected chi connectivity index (χ4v) is 8.88. The number of benzene rings is 2. The maximum absolute atomic E-state index is 14.5. The number of likely N-dealkylation sites (tertiary alicyclic amines) is 1. The van der Waals surface area contributed by atoms with Crippen molar-refractivity contribution in [2.75, 3.05) is 38.2 Å². The van der Waals surface area contributed by atoms with E-state index in [0.717, 1.165) is 22.9 Å². The Kier molecular flexibility index (Phi) is 7.38. The summed E-state index contributed by atoms with van der Waals surface area (Å²) in [5.74, 6) is -1.38. The Hall–Kier alpha value is -3.10. The number of amides is 3. The molecule has 3 fully saturated rings. The van der Waals surface area contributed by atoms with E-state index < -0.39 is 22.6 Å². The summed E-state index contributed by atoms with van der Waals surface area (Å²) < 4.78 is -0.667. The van der Waals surface area contributed by atoms with Gasteiger partial charge in [0.05, 0.1) is 16.6 Å². The SMILES string of the molecule is C=CCN(C)C(=O)[C@@H]1[C@H]2C(=O)N(CCCO)C(C(=O)N(CC=C)c3ccc4ccccc4c3)C23CC[C@H]1S3. The molecule has 7 nitrogen and oxygen atoms in total. The van der Waals surface area contributed by atoms with Crippen LogP contribution in [0.15, 0.2) is 67.8 Å².